The van der Waals surface area contributed by atoms with E-state index in [0.29, 0.717) is 50.2 Å². The van der Waals surface area contributed by atoms with Crippen molar-refractivity contribution in [2.24, 2.45) is 0 Å². The Kier molecular flexibility index (Phi) is 12.0. The smallest absolute Gasteiger partial charge is 0.174 e. The Morgan fingerprint density at radius 2 is 0.600 bits per heavy atom. The first-order chi connectivity index (χ1) is 24.7. The molecule has 1 aliphatic rings. The molecule has 1 fully saturated rings. The Morgan fingerprint density at radius 3 is 0.800 bits per heavy atom. The summed E-state index contributed by atoms with van der Waals surface area (Å²) in [5.74, 6) is 1.14. The molecule has 0 unspecified atom stereocenters. The molecule has 0 aromatic heterocycles. The minimum atomic E-state index is -0.247. The summed E-state index contributed by atoms with van der Waals surface area (Å²) in [5.41, 5.74) is 7.60. The molecule has 3 aromatic carbocycles. The van der Waals surface area contributed by atoms with E-state index >= 15 is 0 Å². The number of thiocarbonyl (C=S) groups is 1. The summed E-state index contributed by atoms with van der Waals surface area (Å²) in [6.45, 7) is 41.9. The minimum absolute atomic E-state index is 0.232. The lowest BCUT2D eigenvalue weighted by molar-refractivity contribution is 0.0695. The van der Waals surface area contributed by atoms with Crippen LogP contribution in [0.15, 0.2) is 36.4 Å². The molecular formula is C48H73N3O3S. The first kappa shape index (κ1) is 44.4. The van der Waals surface area contributed by atoms with Gasteiger partial charge >= 0.3 is 0 Å². The minimum Gasteiger partial charge on any atom is -0.507 e. The van der Waals surface area contributed by atoms with Gasteiger partial charge in [0.05, 0.1) is 13.3 Å². The molecule has 1 saturated heterocycles. The van der Waals surface area contributed by atoms with E-state index in [-0.39, 0.29) is 32.5 Å². The second-order valence-corrected chi connectivity index (χ2v) is 22.8. The fourth-order valence-electron chi connectivity index (χ4n) is 7.67. The molecule has 3 aromatic rings. The summed E-state index contributed by atoms with van der Waals surface area (Å²) in [7, 11) is 0. The van der Waals surface area contributed by atoms with Crippen LogP contribution in [0.3, 0.4) is 0 Å². The van der Waals surface area contributed by atoms with Crippen LogP contribution in [0.25, 0.3) is 0 Å². The maximum Gasteiger partial charge on any atom is 0.174 e. The van der Waals surface area contributed by atoms with Gasteiger partial charge in [-0.15, -0.1) is 0 Å². The third kappa shape index (κ3) is 10.2. The maximum absolute atomic E-state index is 11.5. The van der Waals surface area contributed by atoms with Crippen LogP contribution >= 0.6 is 12.2 Å². The predicted molar refractivity (Wildman–Crippen MR) is 235 cm³/mol. The van der Waals surface area contributed by atoms with Crippen molar-refractivity contribution >= 4 is 17.3 Å². The number of rotatable bonds is 6. The zero-order chi connectivity index (χ0) is 42.0. The van der Waals surface area contributed by atoms with Crippen molar-refractivity contribution < 1.29 is 15.3 Å². The number of nitrogens with zero attached hydrogens (tertiary/aromatic N) is 3. The van der Waals surface area contributed by atoms with Crippen LogP contribution in [0.1, 0.15) is 175 Å². The highest BCUT2D eigenvalue weighted by molar-refractivity contribution is 7.80. The first-order valence-electron chi connectivity index (χ1n) is 20.1. The van der Waals surface area contributed by atoms with Gasteiger partial charge in [-0.25, -0.2) is 0 Å². The summed E-state index contributed by atoms with van der Waals surface area (Å²) in [6.07, 6.45) is 0. The van der Waals surface area contributed by atoms with Crippen molar-refractivity contribution in [3.63, 3.8) is 0 Å². The van der Waals surface area contributed by atoms with Gasteiger partial charge in [-0.05, 0) is 119 Å². The summed E-state index contributed by atoms with van der Waals surface area (Å²) in [5, 5.41) is 35.3. The number of aromatic hydroxyl groups is 3. The number of phenols is 3. The molecule has 55 heavy (non-hydrogen) atoms. The fraction of sp³-hybridized carbons (Fsp3) is 0.604. The summed E-state index contributed by atoms with van der Waals surface area (Å²) in [4.78, 5) is 7.01. The average molecular weight is 772 g/mol. The molecular weight excluding hydrogens is 699 g/mol. The standard InChI is InChI=1S/C48H73N3O3S/c1-43(2,3)33-19-30(20-34(39(33)52)44(4,5)6)25-49-28-50(26-31-21-35(45(7,8)9)40(53)36(22-31)46(10,11)12)42(55)51(29-49)27-32-23-37(47(13,14)15)41(54)38(24-32)48(16,17)18/h19-24,52-54H,25-29H2,1-18H3. The van der Waals surface area contributed by atoms with E-state index in [0.717, 1.165) is 55.2 Å². The fourth-order valence-corrected chi connectivity index (χ4v) is 7.91. The Balaban J connectivity index is 1.86. The quantitative estimate of drug-likeness (QED) is 0.216. The second-order valence-electron chi connectivity index (χ2n) is 22.4. The molecule has 0 aliphatic carbocycles. The average Bonchev–Trinajstić information content (AvgIpc) is 2.98. The lowest BCUT2D eigenvalue weighted by Crippen LogP contribution is -2.56. The van der Waals surface area contributed by atoms with E-state index in [1.54, 1.807) is 0 Å². The topological polar surface area (TPSA) is 70.4 Å². The lowest BCUT2D eigenvalue weighted by Gasteiger charge is -2.45. The highest BCUT2D eigenvalue weighted by Gasteiger charge is 2.33. The molecule has 7 heteroatoms. The van der Waals surface area contributed by atoms with Crippen molar-refractivity contribution in [1.29, 1.82) is 0 Å². The van der Waals surface area contributed by atoms with E-state index in [2.05, 4.69) is 176 Å². The highest BCUT2D eigenvalue weighted by Crippen LogP contribution is 2.43. The monoisotopic (exact) mass is 772 g/mol. The molecule has 0 saturated carbocycles. The second kappa shape index (κ2) is 14.9. The van der Waals surface area contributed by atoms with E-state index in [1.807, 2.05) is 0 Å². The van der Waals surface area contributed by atoms with Crippen LogP contribution < -0.4 is 0 Å². The number of phenolic OH excluding ortho intramolecular Hbond substituents is 3. The van der Waals surface area contributed by atoms with Crippen LogP contribution in [0.2, 0.25) is 0 Å². The molecule has 0 amide bonds. The van der Waals surface area contributed by atoms with Crippen molar-refractivity contribution in [2.75, 3.05) is 13.3 Å². The molecule has 1 heterocycles. The Labute approximate surface area is 340 Å². The SMILES string of the molecule is CC(C)(C)c1cc(CN2CN(Cc3cc(C(C)(C)C)c(O)c(C(C)(C)C)c3)C(=S)N(Cc3cc(C(C)(C)C)c(O)c(C(C)(C)C)c3)C2)cc(C(C)(C)C)c1O. The van der Waals surface area contributed by atoms with Crippen molar-refractivity contribution in [3.05, 3.63) is 86.5 Å². The van der Waals surface area contributed by atoms with Crippen molar-refractivity contribution in [1.82, 2.24) is 14.7 Å². The zero-order valence-corrected chi connectivity index (χ0v) is 38.4. The van der Waals surface area contributed by atoms with Gasteiger partial charge in [0.1, 0.15) is 17.2 Å². The van der Waals surface area contributed by atoms with Gasteiger partial charge in [0.25, 0.3) is 0 Å². The van der Waals surface area contributed by atoms with Crippen LogP contribution in [-0.4, -0.2) is 48.5 Å². The van der Waals surface area contributed by atoms with Gasteiger partial charge < -0.3 is 25.1 Å². The first-order valence-corrected chi connectivity index (χ1v) is 20.5. The Bertz CT molecular complexity index is 1700. The molecule has 4 rings (SSSR count). The van der Waals surface area contributed by atoms with Crippen LogP contribution in [0.5, 0.6) is 17.2 Å². The van der Waals surface area contributed by atoms with Crippen molar-refractivity contribution in [3.8, 4) is 17.2 Å². The van der Waals surface area contributed by atoms with Crippen LogP contribution in [0.4, 0.5) is 0 Å². The lowest BCUT2D eigenvalue weighted by atomic mass is 9.78. The predicted octanol–water partition coefficient (Wildman–Crippen LogP) is 11.6. The molecule has 1 aliphatic heterocycles. The molecule has 3 N–H and O–H groups in total. The van der Waals surface area contributed by atoms with Gasteiger partial charge in [-0.3, -0.25) is 4.90 Å². The van der Waals surface area contributed by atoms with Gasteiger partial charge in [-0.1, -0.05) is 137 Å². The van der Waals surface area contributed by atoms with Gasteiger partial charge in [0.15, 0.2) is 5.11 Å². The third-order valence-electron chi connectivity index (χ3n) is 10.8. The number of hydrogen-bond donors (Lipinski definition) is 3. The summed E-state index contributed by atoms with van der Waals surface area (Å²) < 4.78 is 0. The van der Waals surface area contributed by atoms with Gasteiger partial charge in [0, 0.05) is 19.6 Å². The number of hydrogen-bond acceptors (Lipinski definition) is 5. The molecule has 0 bridgehead atoms. The summed E-state index contributed by atoms with van der Waals surface area (Å²) in [6, 6.07) is 13.0. The Hall–Kier alpha value is -3.29. The van der Waals surface area contributed by atoms with E-state index < -0.39 is 0 Å². The van der Waals surface area contributed by atoms with Crippen LogP contribution in [0, 0.1) is 0 Å². The zero-order valence-electron chi connectivity index (χ0n) is 37.6. The molecule has 0 radical (unpaired) electrons. The molecule has 0 spiro atoms. The maximum atomic E-state index is 11.5. The van der Waals surface area contributed by atoms with E-state index in [1.165, 1.54) is 0 Å². The molecule has 304 valence electrons. The van der Waals surface area contributed by atoms with Crippen molar-refractivity contribution in [2.45, 2.75) is 177 Å². The molecule has 6 nitrogen and oxygen atoms in total. The van der Waals surface area contributed by atoms with Crippen LogP contribution in [-0.2, 0) is 52.1 Å². The van der Waals surface area contributed by atoms with Gasteiger partial charge in [0.2, 0.25) is 0 Å². The highest BCUT2D eigenvalue weighted by atomic mass is 32.1. The number of benzene rings is 3. The third-order valence-corrected chi connectivity index (χ3v) is 11.3. The van der Waals surface area contributed by atoms with Gasteiger partial charge in [-0.2, -0.15) is 0 Å². The normalized spacial score (nSPS) is 15.6. The largest absolute Gasteiger partial charge is 0.507 e. The van der Waals surface area contributed by atoms with E-state index in [9.17, 15) is 15.3 Å². The Morgan fingerprint density at radius 1 is 0.400 bits per heavy atom. The molecule has 0 atom stereocenters. The summed E-state index contributed by atoms with van der Waals surface area (Å²) >= 11 is 6.39. The van der Waals surface area contributed by atoms with E-state index in [4.69, 9.17) is 12.2 Å².